The van der Waals surface area contributed by atoms with Crippen LogP contribution in [0, 0.1) is 34.5 Å². The third-order valence-electron chi connectivity index (χ3n) is 9.22. The van der Waals surface area contributed by atoms with Crippen molar-refractivity contribution in [2.24, 2.45) is 34.5 Å². The van der Waals surface area contributed by atoms with Gasteiger partial charge >= 0.3 is 0 Å². The minimum atomic E-state index is 0.0463. The molecule has 0 N–H and O–H groups in total. The van der Waals surface area contributed by atoms with Crippen molar-refractivity contribution in [1.82, 2.24) is 0 Å². The Balaban J connectivity index is 1.36. The predicted molar refractivity (Wildman–Crippen MR) is 87.7 cm³/mol. The van der Waals surface area contributed by atoms with E-state index < -0.39 is 0 Å². The molecule has 0 aromatic heterocycles. The lowest BCUT2D eigenvalue weighted by Gasteiger charge is -2.60. The lowest BCUT2D eigenvalue weighted by atomic mass is 9.45. The van der Waals surface area contributed by atoms with E-state index in [1.54, 1.807) is 0 Å². The molecule has 2 nitrogen and oxygen atoms in total. The second-order valence-electron chi connectivity index (χ2n) is 9.75. The minimum Gasteiger partial charge on any atom is -0.370 e. The van der Waals surface area contributed by atoms with E-state index in [0.29, 0.717) is 29.1 Å². The predicted octanol–water partition coefficient (Wildman–Crippen LogP) is 4.51. The zero-order chi connectivity index (χ0) is 14.9. The maximum Gasteiger partial charge on any atom is 0.154 e. The van der Waals surface area contributed by atoms with Gasteiger partial charge in [-0.1, -0.05) is 29.8 Å². The minimum absolute atomic E-state index is 0.0463. The normalized spacial score (nSPS) is 70.8. The van der Waals surface area contributed by atoms with Gasteiger partial charge in [0, 0.05) is 5.41 Å². The Morgan fingerprint density at radius 1 is 1.00 bits per heavy atom. The Bertz CT molecular complexity index is 552. The molecule has 2 aliphatic heterocycles. The molecule has 6 aliphatic rings. The van der Waals surface area contributed by atoms with Crippen LogP contribution in [0.4, 0.5) is 0 Å². The summed E-state index contributed by atoms with van der Waals surface area (Å²) in [5.74, 6) is 3.72. The molecule has 6 fully saturated rings. The molecule has 0 spiro atoms. The first-order chi connectivity index (χ1) is 10.5. The molecule has 2 heterocycles. The fourth-order valence-electron chi connectivity index (χ4n) is 7.80. The highest BCUT2D eigenvalue weighted by Gasteiger charge is 2.76. The van der Waals surface area contributed by atoms with E-state index in [1.807, 2.05) is 0 Å². The van der Waals surface area contributed by atoms with Crippen LogP contribution in [0.3, 0.4) is 0 Å². The largest absolute Gasteiger partial charge is 0.370 e. The van der Waals surface area contributed by atoms with E-state index in [0.717, 1.165) is 23.7 Å². The first kappa shape index (κ1) is 13.7. The number of ether oxygens (including phenoxy) is 2. The van der Waals surface area contributed by atoms with Crippen LogP contribution in [0.25, 0.3) is 0 Å². The van der Waals surface area contributed by atoms with Crippen molar-refractivity contribution in [3.8, 4) is 0 Å². The third kappa shape index (κ3) is 1.39. The average molecular weight is 367 g/mol. The van der Waals surface area contributed by atoms with Crippen molar-refractivity contribution in [2.45, 2.75) is 81.6 Å². The SMILES string of the molecule is C[C@]12CC3OC3CC1CC[C@@H]1[C@H]2CC[C@@]2(C)[C@H]1CC1OC12Br. The Hall–Kier alpha value is 0.400. The standard InChI is InChI=1S/C19H27BrO2/c1-17-9-15-14(21-15)7-10(17)3-4-11-12(17)5-6-18(2)13(11)8-16-19(18,20)22-16/h10-16H,3-9H2,1-2H3/t10?,11-,12-,13+,14?,15?,16?,17+,18+,19?/m1/s1. The number of alkyl halides is 1. The molecule has 2 saturated heterocycles. The average Bonchev–Trinajstić information content (AvgIpc) is 3.34. The lowest BCUT2D eigenvalue weighted by molar-refractivity contribution is -0.116. The second kappa shape index (κ2) is 3.80. The summed E-state index contributed by atoms with van der Waals surface area (Å²) < 4.78 is 12.0. The van der Waals surface area contributed by atoms with Crippen LogP contribution in [0.5, 0.6) is 0 Å². The van der Waals surface area contributed by atoms with Crippen molar-refractivity contribution in [1.29, 1.82) is 0 Å². The van der Waals surface area contributed by atoms with Crippen molar-refractivity contribution >= 4 is 15.9 Å². The van der Waals surface area contributed by atoms with Gasteiger partial charge in [-0.2, -0.15) is 0 Å². The maximum atomic E-state index is 6.04. The Morgan fingerprint density at radius 2 is 1.86 bits per heavy atom. The zero-order valence-corrected chi connectivity index (χ0v) is 15.3. The topological polar surface area (TPSA) is 25.1 Å². The van der Waals surface area contributed by atoms with Crippen molar-refractivity contribution in [3.63, 3.8) is 0 Å². The molecule has 6 rings (SSSR count). The van der Waals surface area contributed by atoms with Crippen LogP contribution in [0.15, 0.2) is 0 Å². The van der Waals surface area contributed by atoms with Gasteiger partial charge in [-0.3, -0.25) is 0 Å². The smallest absolute Gasteiger partial charge is 0.154 e. The molecule has 122 valence electrons. The van der Waals surface area contributed by atoms with Crippen molar-refractivity contribution in [3.05, 3.63) is 0 Å². The Kier molecular flexibility index (Phi) is 2.36. The number of hydrogen-bond acceptors (Lipinski definition) is 2. The first-order valence-corrected chi connectivity index (χ1v) is 10.3. The Morgan fingerprint density at radius 3 is 2.73 bits per heavy atom. The second-order valence-corrected chi connectivity index (χ2v) is 10.9. The molecule has 0 radical (unpaired) electrons. The van der Waals surface area contributed by atoms with Crippen LogP contribution in [0.2, 0.25) is 0 Å². The highest BCUT2D eigenvalue weighted by Crippen LogP contribution is 2.75. The van der Waals surface area contributed by atoms with Crippen LogP contribution in [-0.4, -0.2) is 22.8 Å². The van der Waals surface area contributed by atoms with E-state index >= 15 is 0 Å². The molecule has 22 heavy (non-hydrogen) atoms. The summed E-state index contributed by atoms with van der Waals surface area (Å²) in [6.45, 7) is 5.15. The lowest BCUT2D eigenvalue weighted by Crippen LogP contribution is -2.54. The zero-order valence-electron chi connectivity index (χ0n) is 13.7. The summed E-state index contributed by atoms with van der Waals surface area (Å²) in [6.07, 6.45) is 11.5. The van der Waals surface area contributed by atoms with Crippen molar-refractivity contribution in [2.75, 3.05) is 0 Å². The fraction of sp³-hybridized carbons (Fsp3) is 1.00. The van der Waals surface area contributed by atoms with E-state index in [2.05, 4.69) is 29.8 Å². The summed E-state index contributed by atoms with van der Waals surface area (Å²) in [7, 11) is 0. The first-order valence-electron chi connectivity index (χ1n) is 9.48. The number of rotatable bonds is 0. The van der Waals surface area contributed by atoms with E-state index in [1.165, 1.54) is 44.9 Å². The van der Waals surface area contributed by atoms with Gasteiger partial charge in [0.2, 0.25) is 0 Å². The summed E-state index contributed by atoms with van der Waals surface area (Å²) in [4.78, 5) is 0. The maximum absolute atomic E-state index is 6.04. The molecule has 10 atom stereocenters. The highest BCUT2D eigenvalue weighted by molar-refractivity contribution is 9.10. The van der Waals surface area contributed by atoms with Gasteiger partial charge in [0.1, 0.15) is 0 Å². The van der Waals surface area contributed by atoms with Gasteiger partial charge in [0.15, 0.2) is 4.51 Å². The van der Waals surface area contributed by atoms with Gasteiger partial charge < -0.3 is 9.47 Å². The van der Waals surface area contributed by atoms with Gasteiger partial charge in [0.05, 0.1) is 18.3 Å². The number of epoxide rings is 2. The summed E-state index contributed by atoms with van der Waals surface area (Å²) in [5, 5.41) is 0. The van der Waals surface area contributed by atoms with Crippen LogP contribution in [0.1, 0.15) is 58.8 Å². The van der Waals surface area contributed by atoms with Gasteiger partial charge in [-0.05, 0) is 74.0 Å². The fourth-order valence-corrected chi connectivity index (χ4v) is 8.71. The third-order valence-corrected chi connectivity index (χ3v) is 10.8. The van der Waals surface area contributed by atoms with Gasteiger partial charge in [0.25, 0.3) is 0 Å². The number of hydrogen-bond donors (Lipinski definition) is 0. The number of halogens is 1. The number of fused-ring (bicyclic) bond motifs is 8. The van der Waals surface area contributed by atoms with Crippen LogP contribution >= 0.6 is 15.9 Å². The van der Waals surface area contributed by atoms with E-state index in [4.69, 9.17) is 9.47 Å². The molecular weight excluding hydrogens is 340 g/mol. The summed E-state index contributed by atoms with van der Waals surface area (Å²) >= 11 is 3.99. The Labute approximate surface area is 141 Å². The molecule has 3 heteroatoms. The molecule has 0 bridgehead atoms. The molecule has 5 unspecified atom stereocenters. The monoisotopic (exact) mass is 366 g/mol. The highest BCUT2D eigenvalue weighted by atomic mass is 79.9. The molecule has 0 aromatic rings. The van der Waals surface area contributed by atoms with Gasteiger partial charge in [-0.15, -0.1) is 0 Å². The quantitative estimate of drug-likeness (QED) is 0.465. The molecule has 0 aromatic carbocycles. The molecule has 0 amide bonds. The molecule has 4 saturated carbocycles. The van der Waals surface area contributed by atoms with E-state index in [9.17, 15) is 0 Å². The van der Waals surface area contributed by atoms with Crippen LogP contribution < -0.4 is 0 Å². The summed E-state index contributed by atoms with van der Waals surface area (Å²) in [6, 6.07) is 0. The van der Waals surface area contributed by atoms with Crippen LogP contribution in [-0.2, 0) is 9.47 Å². The molecular formula is C19H27BrO2. The molecule has 4 aliphatic carbocycles. The summed E-state index contributed by atoms with van der Waals surface area (Å²) in [5.41, 5.74) is 0.949. The van der Waals surface area contributed by atoms with Gasteiger partial charge in [-0.25, -0.2) is 0 Å². The van der Waals surface area contributed by atoms with E-state index in [-0.39, 0.29) is 4.51 Å². The van der Waals surface area contributed by atoms with Crippen molar-refractivity contribution < 1.29 is 9.47 Å².